The fourth-order valence-electron chi connectivity index (χ4n) is 15.2. The second kappa shape index (κ2) is 69.0. The van der Waals surface area contributed by atoms with E-state index in [9.17, 15) is 20.4 Å². The standard InChI is InChI=1S/C18H24Cl2N6O3.4C18H15P.C12H21ClN6O3.C6H5BCl2O2.CH2O3.2Cs.Pd.H/c1-29-10-12(28)8-25-5-6-26(7-11(25)9-27)18-22-17(21)16(23-24-18)13-3-2-4-14(19)15(13)20;4*1-4-10-16(11-5-1)19(17-12-6-2-7-13-17)18-14-8-3-9-15-18;1-22-7-9(21)5-18-2-3-19(4-8(18)6-20)12-15-11(14)10(13)16-17-12;8-5-3-1-2-4(6(5)9)7(10)11;2-1-4-3;;;;/h2-4,11-12,27-28H,5-10H2,1H3,(H2,21,22,24);4*1-15H;8-9,20-21H,2-7H2,1H3,(H2,14,15,17);1-3,10-11H;1,3H;;;;/q;;;;;;;;2*+1;;-1/p-1/t11-,12-;;;;;8-,9-;;;;;;/m0....0....../s1. The number of aromatic nitrogens is 6. The second-order valence-corrected chi connectivity index (χ2v) is 42.4. The van der Waals surface area contributed by atoms with Crippen molar-refractivity contribution in [2.45, 2.75) is 24.3 Å². The van der Waals surface area contributed by atoms with Gasteiger partial charge in [-0.3, -0.25) is 14.6 Å². The molecule has 36 heteroatoms. The monoisotopic (exact) mass is 2450 g/mol. The number of hydrogen-bond acceptors (Lipinski definition) is 23. The van der Waals surface area contributed by atoms with Gasteiger partial charge in [-0.15, -0.1) is 20.4 Å². The molecule has 0 saturated carbocycles. The van der Waals surface area contributed by atoms with Crippen molar-refractivity contribution in [2.24, 2.45) is 0 Å². The molecule has 23 nitrogen and oxygen atoms in total. The first-order valence-corrected chi connectivity index (χ1v) is 52.6. The Balaban J connectivity index is 0.000000231. The van der Waals surface area contributed by atoms with Crippen LogP contribution in [0.3, 0.4) is 0 Å². The average molecular weight is 2450 g/mol. The molecule has 4 heterocycles. The van der Waals surface area contributed by atoms with E-state index in [1.54, 1.807) is 44.6 Å². The number of halogens is 5. The van der Waals surface area contributed by atoms with Crippen molar-refractivity contribution in [3.8, 4) is 11.3 Å². The van der Waals surface area contributed by atoms with Gasteiger partial charge < -0.3 is 72.8 Å². The largest absolute Gasteiger partial charge is 1.00 e. The zero-order valence-electron chi connectivity index (χ0n) is 81.4. The van der Waals surface area contributed by atoms with Gasteiger partial charge in [-0.1, -0.05) is 446 Å². The van der Waals surface area contributed by atoms with Gasteiger partial charge >= 0.3 is 145 Å². The Kier molecular flexibility index (Phi) is 58.8. The quantitative estimate of drug-likeness (QED) is 0.00893. The fourth-order valence-corrected chi connectivity index (χ4v) is 25.3. The van der Waals surface area contributed by atoms with Crippen LogP contribution in [0, 0.1) is 0 Å². The number of carbonyl (C=O) groups is 1. The number of rotatable bonds is 27. The molecular formula is C109H112BCl5Cs2N12O11P4Pd. The molecule has 10 N–H and O–H groups in total. The SMILES string of the molecule is COC[C@@H](O)CN1CCN(c2nnc(-c3cccc(Cl)c3Cl)c(N)n2)C[C@H]1CO.COC[C@@H](O)CN1CCN(c2nnc(Cl)c(N)n2)C[C@H]1CO.O=CO[O-].OB(O)c1cccc(Cl)c1Cl.[Cs+].[Cs+].[H-].[Pd].c1ccc(P(c2ccccc2)c2ccccc2)cc1.c1ccc(P(c2ccccc2)c2ccccc2)cc1.c1ccc(P(c2ccccc2)c2ccccc2)cc1.c1ccc(P(c2ccccc2)c2ccccc2)cc1. The van der Waals surface area contributed by atoms with Crippen molar-refractivity contribution >= 4 is 196 Å². The van der Waals surface area contributed by atoms with Gasteiger partial charge in [-0.25, -0.2) is 0 Å². The fraction of sp³-hybridized carbons (Fsp3) is 0.165. The molecule has 2 aliphatic heterocycles. The number of aliphatic hydroxyl groups excluding tert-OH is 4. The second-order valence-electron chi connectivity index (χ2n) is 31.6. The summed E-state index contributed by atoms with van der Waals surface area (Å²) in [5.41, 5.74) is 12.9. The summed E-state index contributed by atoms with van der Waals surface area (Å²) in [4.78, 5) is 27.6. The summed E-state index contributed by atoms with van der Waals surface area (Å²) in [7, 11) is -0.269. The van der Waals surface area contributed by atoms with Crippen LogP contribution in [0.1, 0.15) is 1.43 Å². The number of hydrogen-bond donors (Lipinski definition) is 8. The Morgan fingerprint density at radius 1 is 0.386 bits per heavy atom. The van der Waals surface area contributed by atoms with Gasteiger partial charge in [-0.2, -0.15) is 9.97 Å². The van der Waals surface area contributed by atoms with Crippen LogP contribution < -0.4 is 233 Å². The van der Waals surface area contributed by atoms with Crippen LogP contribution in [0.4, 0.5) is 23.5 Å². The molecule has 2 fully saturated rings. The van der Waals surface area contributed by atoms with Crippen molar-refractivity contribution in [1.29, 1.82) is 0 Å². The topological polar surface area (TPSA) is 332 Å². The molecule has 0 unspecified atom stereocenters. The molecule has 0 bridgehead atoms. The number of ether oxygens (including phenoxy) is 2. The maximum absolute atomic E-state index is 9.98. The molecule has 14 aromatic carbocycles. The maximum atomic E-state index is 9.98. The van der Waals surface area contributed by atoms with E-state index < -0.39 is 51.0 Å². The molecule has 18 rings (SSSR count). The Morgan fingerprint density at radius 3 is 0.862 bits per heavy atom. The predicted octanol–water partition coefficient (Wildman–Crippen LogP) is 6.52. The van der Waals surface area contributed by atoms with E-state index >= 15 is 0 Å². The van der Waals surface area contributed by atoms with Crippen molar-refractivity contribution < 1.29 is 215 Å². The predicted molar refractivity (Wildman–Crippen MR) is 589 cm³/mol. The average Bonchev–Trinajstić information content (AvgIpc) is 0.790. The molecular weight excluding hydrogens is 2340 g/mol. The van der Waals surface area contributed by atoms with Crippen LogP contribution in [0.25, 0.3) is 11.3 Å². The Hall–Kier alpha value is -6.67. The first kappa shape index (κ1) is 124. The third-order valence-electron chi connectivity index (χ3n) is 21.8. The van der Waals surface area contributed by atoms with Gasteiger partial charge in [0.15, 0.2) is 16.8 Å². The summed E-state index contributed by atoms with van der Waals surface area (Å²) in [6.07, 6.45) is -1.20. The van der Waals surface area contributed by atoms with E-state index in [2.05, 4.69) is 399 Å². The van der Waals surface area contributed by atoms with Gasteiger partial charge in [0.25, 0.3) is 6.47 Å². The van der Waals surface area contributed by atoms with E-state index in [1.807, 2.05) is 19.6 Å². The van der Waals surface area contributed by atoms with E-state index in [-0.39, 0.29) is 232 Å². The number of carbonyl (C=O) groups excluding carboxylic acids is 1. The summed E-state index contributed by atoms with van der Waals surface area (Å²) in [6, 6.07) is 139. The normalized spacial score (nSPS) is 13.4. The number of nitrogens with two attached hydrogens (primary N) is 2. The molecule has 4 atom stereocenters. The van der Waals surface area contributed by atoms with Crippen LogP contribution in [0.5, 0.6) is 0 Å². The van der Waals surface area contributed by atoms with Crippen LogP contribution >= 0.6 is 89.7 Å². The number of benzene rings is 14. The molecule has 16 aromatic rings. The minimum Gasteiger partial charge on any atom is -1.00 e. The third-order valence-corrected chi connectivity index (χ3v) is 33.5. The molecule has 2 saturated heterocycles. The van der Waals surface area contributed by atoms with Crippen molar-refractivity contribution in [3.05, 3.63) is 426 Å². The number of methoxy groups -OCH3 is 2. The van der Waals surface area contributed by atoms with Gasteiger partial charge in [0, 0.05) is 98.0 Å². The molecule has 0 radical (unpaired) electrons. The zero-order chi connectivity index (χ0) is 101. The minimum atomic E-state index is -1.57. The molecule has 0 aliphatic carbocycles. The number of β-amino-alcohol motifs (C(OH)–C–C–N with tert-alkyl or cyclic N) is 2. The molecule has 744 valence electrons. The Labute approximate surface area is 1010 Å². The van der Waals surface area contributed by atoms with Crippen LogP contribution in [0.15, 0.2) is 400 Å². The van der Waals surface area contributed by atoms with Gasteiger partial charge in [0.1, 0.15) is 5.69 Å². The zero-order valence-corrected chi connectivity index (χ0v) is 102. The van der Waals surface area contributed by atoms with Gasteiger partial charge in [0.05, 0.1) is 70.8 Å². The summed E-state index contributed by atoms with van der Waals surface area (Å²) in [6.45, 7) is 4.60. The molecule has 2 aliphatic rings. The van der Waals surface area contributed by atoms with Gasteiger partial charge in [0.2, 0.25) is 11.9 Å². The summed E-state index contributed by atoms with van der Waals surface area (Å²) >= 11 is 29.3. The number of piperazine rings is 2. The molecule has 2 aromatic heterocycles. The molecule has 0 spiro atoms. The van der Waals surface area contributed by atoms with E-state index in [1.165, 1.54) is 69.7 Å². The maximum Gasteiger partial charge on any atom is 1.00 e. The van der Waals surface area contributed by atoms with Crippen LogP contribution in [-0.4, -0.2) is 202 Å². The smallest absolute Gasteiger partial charge is 1.00 e. The first-order chi connectivity index (χ1) is 69.3. The number of anilines is 4. The minimum absolute atomic E-state index is 0. The van der Waals surface area contributed by atoms with E-state index in [0.717, 1.165) is 0 Å². The number of nitrogens with zero attached hydrogens (tertiary/aromatic N) is 10. The summed E-state index contributed by atoms with van der Waals surface area (Å²) in [5.74, 6) is 1.08. The van der Waals surface area contributed by atoms with E-state index in [4.69, 9.17) is 99.0 Å². The van der Waals surface area contributed by atoms with Crippen molar-refractivity contribution in [2.75, 3.05) is 114 Å². The number of aliphatic hydroxyl groups is 4. The van der Waals surface area contributed by atoms with Crippen LogP contribution in [-0.2, 0) is 39.6 Å². The van der Waals surface area contributed by atoms with Crippen molar-refractivity contribution in [1.82, 2.24) is 40.2 Å². The van der Waals surface area contributed by atoms with E-state index in [0.29, 0.717) is 90.6 Å². The van der Waals surface area contributed by atoms with Crippen LogP contribution in [0.2, 0.25) is 25.2 Å². The summed E-state index contributed by atoms with van der Waals surface area (Å²) < 4.78 is 9.90. The van der Waals surface area contributed by atoms with Gasteiger partial charge in [-0.05, 0) is 107 Å². The molecule has 145 heavy (non-hydrogen) atoms. The third kappa shape index (κ3) is 39.5. The molecule has 0 amide bonds. The van der Waals surface area contributed by atoms with Crippen molar-refractivity contribution in [3.63, 3.8) is 0 Å². The Bertz CT molecular complexity index is 5470. The Morgan fingerprint density at radius 2 is 0.634 bits per heavy atom. The number of nitrogen functional groups attached to an aromatic ring is 2. The first-order valence-electron chi connectivity index (χ1n) is 45.3. The summed E-state index contributed by atoms with van der Waals surface area (Å²) in [5, 5.41) is 99.3.